The Morgan fingerprint density at radius 1 is 1.38 bits per heavy atom. The number of carboxylic acid groups (broad SMARTS) is 1. The molecule has 0 aromatic carbocycles. The highest BCUT2D eigenvalue weighted by Crippen LogP contribution is 2.15. The van der Waals surface area contributed by atoms with Crippen LogP contribution in [0, 0.1) is 0 Å². The van der Waals surface area contributed by atoms with Crippen molar-refractivity contribution in [1.29, 1.82) is 0 Å². The molecule has 94 valence electrons. The lowest BCUT2D eigenvalue weighted by molar-refractivity contribution is -0.136. The first-order chi connectivity index (χ1) is 7.63. The van der Waals surface area contributed by atoms with Crippen molar-refractivity contribution in [2.24, 2.45) is 0 Å². The van der Waals surface area contributed by atoms with E-state index in [9.17, 15) is 4.79 Å². The smallest absolute Gasteiger partial charge is 0.316 e. The Balaban J connectivity index is 2.12. The summed E-state index contributed by atoms with van der Waals surface area (Å²) in [5, 5.41) is 8.67. The number of piperazine rings is 1. The molecule has 0 spiro atoms. The Labute approximate surface area is 102 Å². The summed E-state index contributed by atoms with van der Waals surface area (Å²) in [6.45, 7) is 7.42. The van der Waals surface area contributed by atoms with Gasteiger partial charge in [0.05, 0.1) is 0 Å². The van der Waals surface area contributed by atoms with Crippen LogP contribution < -0.4 is 0 Å². The molecule has 16 heavy (non-hydrogen) atoms. The molecule has 4 nitrogen and oxygen atoms in total. The molecule has 1 heterocycles. The minimum atomic E-state index is -0.675. The summed E-state index contributed by atoms with van der Waals surface area (Å²) < 4.78 is 0. The molecule has 0 saturated carbocycles. The van der Waals surface area contributed by atoms with Gasteiger partial charge in [0.15, 0.2) is 0 Å². The number of likely N-dealkylation sites (N-methyl/N-ethyl adjacent to an activating group) is 1. The van der Waals surface area contributed by atoms with E-state index in [4.69, 9.17) is 5.11 Å². The van der Waals surface area contributed by atoms with Gasteiger partial charge in [0.25, 0.3) is 0 Å². The molecule has 0 bridgehead atoms. The predicted molar refractivity (Wildman–Crippen MR) is 68.1 cm³/mol. The van der Waals surface area contributed by atoms with Crippen molar-refractivity contribution in [2.75, 3.05) is 45.5 Å². The van der Waals surface area contributed by atoms with Gasteiger partial charge in [0.1, 0.15) is 5.25 Å². The van der Waals surface area contributed by atoms with Crippen molar-refractivity contribution in [3.63, 3.8) is 0 Å². The number of thioether (sulfide) groups is 1. The standard InChI is InChI=1S/C11H22N2O2S/c1-3-10(11(14)15)16-9-8-13-6-4-12(2)5-7-13/h10H,3-9H2,1-2H3,(H,14,15). The van der Waals surface area contributed by atoms with E-state index in [1.54, 1.807) is 11.8 Å². The molecule has 1 N–H and O–H groups in total. The Bertz CT molecular complexity index is 218. The minimum Gasteiger partial charge on any atom is -0.480 e. The molecule has 1 unspecified atom stereocenters. The van der Waals surface area contributed by atoms with Crippen LogP contribution in [0.2, 0.25) is 0 Å². The van der Waals surface area contributed by atoms with Crippen LogP contribution in [0.5, 0.6) is 0 Å². The Morgan fingerprint density at radius 2 is 2.00 bits per heavy atom. The zero-order valence-corrected chi connectivity index (χ0v) is 11.0. The summed E-state index contributed by atoms with van der Waals surface area (Å²) in [6, 6.07) is 0. The molecular formula is C11H22N2O2S. The van der Waals surface area contributed by atoms with Gasteiger partial charge in [-0.2, -0.15) is 0 Å². The Morgan fingerprint density at radius 3 is 2.50 bits per heavy atom. The molecule has 1 aliphatic heterocycles. The number of nitrogens with zero attached hydrogens (tertiary/aromatic N) is 2. The van der Waals surface area contributed by atoms with Crippen LogP contribution in [0.4, 0.5) is 0 Å². The lowest BCUT2D eigenvalue weighted by atomic mass is 10.3. The second-order valence-electron chi connectivity index (χ2n) is 4.25. The average Bonchev–Trinajstić information content (AvgIpc) is 2.26. The fraction of sp³-hybridized carbons (Fsp3) is 0.909. The van der Waals surface area contributed by atoms with Crippen LogP contribution in [0.25, 0.3) is 0 Å². The molecular weight excluding hydrogens is 224 g/mol. The number of rotatable bonds is 6. The number of hydrogen-bond donors (Lipinski definition) is 1. The number of carbonyl (C=O) groups is 1. The van der Waals surface area contributed by atoms with Gasteiger partial charge in [0, 0.05) is 38.5 Å². The van der Waals surface area contributed by atoms with E-state index < -0.39 is 5.97 Å². The maximum Gasteiger partial charge on any atom is 0.316 e. The summed E-state index contributed by atoms with van der Waals surface area (Å²) in [6.07, 6.45) is 0.711. The van der Waals surface area contributed by atoms with Gasteiger partial charge >= 0.3 is 5.97 Å². The zero-order valence-electron chi connectivity index (χ0n) is 10.2. The quantitative estimate of drug-likeness (QED) is 0.752. The summed E-state index contributed by atoms with van der Waals surface area (Å²) >= 11 is 1.57. The van der Waals surface area contributed by atoms with Crippen molar-refractivity contribution < 1.29 is 9.90 Å². The van der Waals surface area contributed by atoms with E-state index in [0.717, 1.165) is 38.5 Å². The highest BCUT2D eigenvalue weighted by Gasteiger charge is 2.17. The monoisotopic (exact) mass is 246 g/mol. The highest BCUT2D eigenvalue weighted by molar-refractivity contribution is 8.00. The van der Waals surface area contributed by atoms with Gasteiger partial charge in [-0.15, -0.1) is 11.8 Å². The molecule has 5 heteroatoms. The van der Waals surface area contributed by atoms with Crippen molar-refractivity contribution >= 4 is 17.7 Å². The van der Waals surface area contributed by atoms with E-state index in [0.29, 0.717) is 6.42 Å². The Hall–Kier alpha value is -0.260. The number of carboxylic acids is 1. The van der Waals surface area contributed by atoms with Crippen LogP contribution in [0.15, 0.2) is 0 Å². The maximum absolute atomic E-state index is 10.8. The van der Waals surface area contributed by atoms with Crippen molar-refractivity contribution in [3.05, 3.63) is 0 Å². The third-order valence-electron chi connectivity index (χ3n) is 2.97. The zero-order chi connectivity index (χ0) is 12.0. The average molecular weight is 246 g/mol. The van der Waals surface area contributed by atoms with Gasteiger partial charge in [-0.3, -0.25) is 9.69 Å². The summed E-state index contributed by atoms with van der Waals surface area (Å²) in [7, 11) is 2.14. The molecule has 0 aromatic rings. The molecule has 0 aromatic heterocycles. The molecule has 1 atom stereocenters. The normalized spacial score (nSPS) is 20.9. The summed E-state index contributed by atoms with van der Waals surface area (Å²) in [5.74, 6) is 0.250. The van der Waals surface area contributed by atoms with E-state index in [1.807, 2.05) is 6.92 Å². The van der Waals surface area contributed by atoms with E-state index in [1.165, 1.54) is 0 Å². The minimum absolute atomic E-state index is 0.229. The first kappa shape index (κ1) is 13.8. The van der Waals surface area contributed by atoms with Crippen LogP contribution in [0.1, 0.15) is 13.3 Å². The molecule has 1 saturated heterocycles. The molecule has 0 aliphatic carbocycles. The van der Waals surface area contributed by atoms with E-state index in [-0.39, 0.29) is 5.25 Å². The highest BCUT2D eigenvalue weighted by atomic mass is 32.2. The lowest BCUT2D eigenvalue weighted by Gasteiger charge is -2.32. The molecule has 1 aliphatic rings. The van der Waals surface area contributed by atoms with Crippen molar-refractivity contribution in [2.45, 2.75) is 18.6 Å². The summed E-state index contributed by atoms with van der Waals surface area (Å²) in [5.41, 5.74) is 0. The third kappa shape index (κ3) is 4.72. The van der Waals surface area contributed by atoms with Crippen LogP contribution in [0.3, 0.4) is 0 Å². The topological polar surface area (TPSA) is 43.8 Å². The molecule has 1 rings (SSSR count). The lowest BCUT2D eigenvalue weighted by Crippen LogP contribution is -2.45. The molecule has 1 fully saturated rings. The van der Waals surface area contributed by atoms with Gasteiger partial charge in [-0.05, 0) is 13.5 Å². The van der Waals surface area contributed by atoms with Gasteiger partial charge in [-0.25, -0.2) is 0 Å². The van der Waals surface area contributed by atoms with E-state index >= 15 is 0 Å². The van der Waals surface area contributed by atoms with Gasteiger partial charge < -0.3 is 10.0 Å². The SMILES string of the molecule is CCC(SCCN1CCN(C)CC1)C(=O)O. The van der Waals surface area contributed by atoms with Crippen LogP contribution >= 0.6 is 11.8 Å². The third-order valence-corrected chi connectivity index (χ3v) is 4.32. The first-order valence-corrected chi connectivity index (χ1v) is 6.93. The Kier molecular flexibility index (Phi) is 6.16. The largest absolute Gasteiger partial charge is 0.480 e. The summed E-state index contributed by atoms with van der Waals surface area (Å²) in [4.78, 5) is 15.6. The number of hydrogen-bond acceptors (Lipinski definition) is 4. The van der Waals surface area contributed by atoms with Gasteiger partial charge in [0.2, 0.25) is 0 Å². The van der Waals surface area contributed by atoms with Gasteiger partial charge in [-0.1, -0.05) is 6.92 Å². The maximum atomic E-state index is 10.8. The van der Waals surface area contributed by atoms with Crippen LogP contribution in [-0.2, 0) is 4.79 Å². The van der Waals surface area contributed by atoms with Crippen LogP contribution in [-0.4, -0.2) is 71.6 Å². The second kappa shape index (κ2) is 7.14. The number of aliphatic carboxylic acids is 1. The van der Waals surface area contributed by atoms with E-state index in [2.05, 4.69) is 16.8 Å². The fourth-order valence-electron chi connectivity index (χ4n) is 1.76. The molecule has 0 radical (unpaired) electrons. The molecule has 0 amide bonds. The first-order valence-electron chi connectivity index (χ1n) is 5.88. The second-order valence-corrected chi connectivity index (χ2v) is 5.56. The van der Waals surface area contributed by atoms with Crippen molar-refractivity contribution in [1.82, 2.24) is 9.80 Å². The fourth-order valence-corrected chi connectivity index (χ4v) is 2.79. The van der Waals surface area contributed by atoms with Crippen molar-refractivity contribution in [3.8, 4) is 0 Å². The predicted octanol–water partition coefficient (Wildman–Crippen LogP) is 0.830.